The van der Waals surface area contributed by atoms with E-state index in [1.807, 2.05) is 32.9 Å². The summed E-state index contributed by atoms with van der Waals surface area (Å²) in [5.41, 5.74) is 2.30. The lowest BCUT2D eigenvalue weighted by molar-refractivity contribution is -0.133. The molecular weight excluding hydrogens is 438 g/mol. The number of aromatic nitrogens is 1. The van der Waals surface area contributed by atoms with Gasteiger partial charge in [0.15, 0.2) is 5.78 Å². The van der Waals surface area contributed by atoms with Crippen LogP contribution in [-0.4, -0.2) is 60.0 Å². The summed E-state index contributed by atoms with van der Waals surface area (Å²) in [6, 6.07) is 10.7. The monoisotopic (exact) mass is 467 g/mol. The standard InChI is InChI=1S/C26H30ClN3O3/c1-26(2,3)23(25(32)33)17-21-7-5-6-20(28-21)8-9-24(31)18-14-19(27)16-22(15-18)30-12-10-29(4)11-13-30/h5-9,14-17H,10-13H2,1-4H3,(H,32,33). The first kappa shape index (κ1) is 24.7. The normalized spacial score (nSPS) is 15.8. The number of carbonyl (C=O) groups excluding carboxylic acids is 1. The van der Waals surface area contributed by atoms with Crippen LogP contribution in [0.1, 0.15) is 42.5 Å². The molecule has 0 saturated carbocycles. The Kier molecular flexibility index (Phi) is 7.72. The molecule has 1 aliphatic heterocycles. The second-order valence-corrected chi connectivity index (χ2v) is 9.72. The van der Waals surface area contributed by atoms with Crippen LogP contribution >= 0.6 is 11.6 Å². The van der Waals surface area contributed by atoms with Crippen LogP contribution in [0, 0.1) is 5.41 Å². The largest absolute Gasteiger partial charge is 0.478 e. The zero-order valence-corrected chi connectivity index (χ0v) is 20.3. The van der Waals surface area contributed by atoms with E-state index in [-0.39, 0.29) is 11.4 Å². The van der Waals surface area contributed by atoms with Crippen molar-refractivity contribution >= 4 is 41.2 Å². The average Bonchev–Trinajstić information content (AvgIpc) is 2.75. The molecule has 174 valence electrons. The summed E-state index contributed by atoms with van der Waals surface area (Å²) >= 11 is 6.31. The lowest BCUT2D eigenvalue weighted by Gasteiger charge is -2.34. The number of hydrogen-bond donors (Lipinski definition) is 1. The van der Waals surface area contributed by atoms with E-state index in [1.165, 1.54) is 6.08 Å². The van der Waals surface area contributed by atoms with Gasteiger partial charge in [-0.15, -0.1) is 0 Å². The number of halogens is 1. The number of aliphatic carboxylic acids is 1. The van der Waals surface area contributed by atoms with Gasteiger partial charge in [-0.25, -0.2) is 9.78 Å². The Hall–Kier alpha value is -2.96. The van der Waals surface area contributed by atoms with Gasteiger partial charge in [-0.3, -0.25) is 4.79 Å². The van der Waals surface area contributed by atoms with E-state index in [0.29, 0.717) is 22.0 Å². The number of likely N-dealkylation sites (N-methyl/N-ethyl adjacent to an activating group) is 1. The van der Waals surface area contributed by atoms with E-state index >= 15 is 0 Å². The fourth-order valence-corrected chi connectivity index (χ4v) is 3.84. The van der Waals surface area contributed by atoms with Crippen LogP contribution in [0.2, 0.25) is 5.02 Å². The summed E-state index contributed by atoms with van der Waals surface area (Å²) in [4.78, 5) is 33.5. The number of piperazine rings is 1. The summed E-state index contributed by atoms with van der Waals surface area (Å²) in [5, 5.41) is 10.0. The van der Waals surface area contributed by atoms with Gasteiger partial charge in [0.1, 0.15) is 0 Å². The summed E-state index contributed by atoms with van der Waals surface area (Å²) in [7, 11) is 2.10. The molecule has 0 unspecified atom stereocenters. The maximum atomic E-state index is 12.9. The molecule has 2 heterocycles. The zero-order valence-electron chi connectivity index (χ0n) is 19.5. The highest BCUT2D eigenvalue weighted by atomic mass is 35.5. The number of nitrogens with zero attached hydrogens (tertiary/aromatic N) is 3. The Morgan fingerprint density at radius 2 is 1.73 bits per heavy atom. The third kappa shape index (κ3) is 6.76. The van der Waals surface area contributed by atoms with Gasteiger partial charge in [-0.2, -0.15) is 0 Å². The fraction of sp³-hybridized carbons (Fsp3) is 0.346. The van der Waals surface area contributed by atoms with Crippen molar-refractivity contribution in [2.75, 3.05) is 38.1 Å². The van der Waals surface area contributed by atoms with E-state index in [4.69, 9.17) is 11.6 Å². The van der Waals surface area contributed by atoms with Gasteiger partial charge in [0, 0.05) is 48.0 Å². The minimum atomic E-state index is -0.975. The Balaban J connectivity index is 1.80. The van der Waals surface area contributed by atoms with Crippen LogP contribution in [0.15, 0.2) is 48.0 Å². The third-order valence-corrected chi connectivity index (χ3v) is 5.78. The molecule has 1 fully saturated rings. The van der Waals surface area contributed by atoms with Gasteiger partial charge in [0.25, 0.3) is 0 Å². The van der Waals surface area contributed by atoms with Crippen LogP contribution < -0.4 is 4.90 Å². The van der Waals surface area contributed by atoms with Crippen molar-refractivity contribution in [3.05, 3.63) is 70.0 Å². The third-order valence-electron chi connectivity index (χ3n) is 5.56. The first-order chi connectivity index (χ1) is 15.5. The Bertz CT molecular complexity index is 1090. The van der Waals surface area contributed by atoms with Crippen LogP contribution in [-0.2, 0) is 4.79 Å². The minimum absolute atomic E-state index is 0.170. The predicted octanol–water partition coefficient (Wildman–Crippen LogP) is 4.90. The second-order valence-electron chi connectivity index (χ2n) is 9.29. The van der Waals surface area contributed by atoms with Crippen molar-refractivity contribution in [3.63, 3.8) is 0 Å². The van der Waals surface area contributed by atoms with Gasteiger partial charge >= 0.3 is 5.97 Å². The molecule has 3 rings (SSSR count). The van der Waals surface area contributed by atoms with Gasteiger partial charge in [0.2, 0.25) is 0 Å². The Morgan fingerprint density at radius 1 is 1.06 bits per heavy atom. The average molecular weight is 468 g/mol. The summed E-state index contributed by atoms with van der Waals surface area (Å²) < 4.78 is 0. The van der Waals surface area contributed by atoms with E-state index < -0.39 is 11.4 Å². The van der Waals surface area contributed by atoms with Crippen LogP contribution in [0.25, 0.3) is 12.2 Å². The number of anilines is 1. The Labute approximate surface area is 200 Å². The van der Waals surface area contributed by atoms with Crippen molar-refractivity contribution in [1.82, 2.24) is 9.88 Å². The topological polar surface area (TPSA) is 73.7 Å². The quantitative estimate of drug-likeness (QED) is 0.481. The lowest BCUT2D eigenvalue weighted by atomic mass is 9.86. The van der Waals surface area contributed by atoms with E-state index in [9.17, 15) is 14.7 Å². The van der Waals surface area contributed by atoms with Crippen LogP contribution in [0.3, 0.4) is 0 Å². The number of benzene rings is 1. The second kappa shape index (κ2) is 10.3. The number of carboxylic acid groups (broad SMARTS) is 1. The minimum Gasteiger partial charge on any atom is -0.478 e. The Morgan fingerprint density at radius 3 is 2.36 bits per heavy atom. The van der Waals surface area contributed by atoms with E-state index in [1.54, 1.807) is 36.4 Å². The molecule has 0 radical (unpaired) electrons. The van der Waals surface area contributed by atoms with E-state index in [0.717, 1.165) is 31.9 Å². The number of ketones is 1. The summed E-state index contributed by atoms with van der Waals surface area (Å²) in [6.45, 7) is 9.23. The number of rotatable bonds is 6. The smallest absolute Gasteiger partial charge is 0.332 e. The highest BCUT2D eigenvalue weighted by Crippen LogP contribution is 2.27. The molecule has 1 aromatic carbocycles. The van der Waals surface area contributed by atoms with Crippen molar-refractivity contribution in [2.24, 2.45) is 5.41 Å². The zero-order chi connectivity index (χ0) is 24.2. The fourth-order valence-electron chi connectivity index (χ4n) is 3.61. The molecule has 0 spiro atoms. The summed E-state index contributed by atoms with van der Waals surface area (Å²) in [6.07, 6.45) is 4.67. The molecule has 0 atom stereocenters. The van der Waals surface area contributed by atoms with Crippen molar-refractivity contribution in [2.45, 2.75) is 20.8 Å². The number of allylic oxidation sites excluding steroid dienone is 1. The number of carboxylic acids is 1. The van der Waals surface area contributed by atoms with Gasteiger partial charge in [-0.1, -0.05) is 38.4 Å². The SMILES string of the molecule is CN1CCN(c2cc(Cl)cc(C(=O)C=Cc3cccc(C=C(C(=O)O)C(C)(C)C)n3)c2)CC1. The summed E-state index contributed by atoms with van der Waals surface area (Å²) in [5.74, 6) is -1.14. The maximum absolute atomic E-state index is 12.9. The maximum Gasteiger partial charge on any atom is 0.332 e. The molecule has 1 N–H and O–H groups in total. The molecule has 0 aliphatic carbocycles. The van der Waals surface area contributed by atoms with Gasteiger partial charge in [0.05, 0.1) is 11.4 Å². The lowest BCUT2D eigenvalue weighted by Crippen LogP contribution is -2.44. The predicted molar refractivity (Wildman–Crippen MR) is 134 cm³/mol. The van der Waals surface area contributed by atoms with Gasteiger partial charge in [-0.05, 0) is 61.0 Å². The molecule has 1 aliphatic rings. The number of carbonyl (C=O) groups is 2. The molecule has 1 saturated heterocycles. The number of hydrogen-bond acceptors (Lipinski definition) is 5. The van der Waals surface area contributed by atoms with Crippen LogP contribution in [0.4, 0.5) is 5.69 Å². The van der Waals surface area contributed by atoms with E-state index in [2.05, 4.69) is 21.8 Å². The molecule has 33 heavy (non-hydrogen) atoms. The van der Waals surface area contributed by atoms with Crippen LogP contribution in [0.5, 0.6) is 0 Å². The molecule has 1 aromatic heterocycles. The van der Waals surface area contributed by atoms with Crippen molar-refractivity contribution in [3.8, 4) is 0 Å². The molecule has 6 nitrogen and oxygen atoms in total. The molecule has 0 bridgehead atoms. The number of pyridine rings is 1. The molecule has 2 aromatic rings. The van der Waals surface area contributed by atoms with Crippen molar-refractivity contribution < 1.29 is 14.7 Å². The first-order valence-electron chi connectivity index (χ1n) is 10.9. The van der Waals surface area contributed by atoms with Gasteiger partial charge < -0.3 is 14.9 Å². The molecule has 7 heteroatoms. The molecule has 0 amide bonds. The highest BCUT2D eigenvalue weighted by molar-refractivity contribution is 6.31. The van der Waals surface area contributed by atoms with Crippen molar-refractivity contribution in [1.29, 1.82) is 0 Å². The highest BCUT2D eigenvalue weighted by Gasteiger charge is 2.23. The first-order valence-corrected chi connectivity index (χ1v) is 11.3. The molecular formula is C26H30ClN3O3.